The van der Waals surface area contributed by atoms with Gasteiger partial charge >= 0.3 is 0 Å². The topological polar surface area (TPSA) is 81.2 Å². The third kappa shape index (κ3) is 2.65. The molecule has 0 saturated carbocycles. The summed E-state index contributed by atoms with van der Waals surface area (Å²) < 4.78 is 5.51. The average molecular weight is 279 g/mol. The van der Waals surface area contributed by atoms with Crippen molar-refractivity contribution in [3.05, 3.63) is 28.3 Å². The molecule has 1 aliphatic heterocycles. The van der Waals surface area contributed by atoms with Gasteiger partial charge in [0.2, 0.25) is 0 Å². The number of fused-ring (bicyclic) bond motifs is 1. The van der Waals surface area contributed by atoms with Crippen LogP contribution in [0.25, 0.3) is 11.1 Å². The van der Waals surface area contributed by atoms with Crippen LogP contribution in [0.2, 0.25) is 0 Å². The van der Waals surface area contributed by atoms with E-state index in [-0.39, 0.29) is 5.69 Å². The number of thioether (sulfide) groups is 1. The molecular formula is C12H13N3O3S. The number of nitrogens with one attached hydrogen (secondary N) is 1. The van der Waals surface area contributed by atoms with Gasteiger partial charge in [0.25, 0.3) is 11.7 Å². The van der Waals surface area contributed by atoms with Crippen LogP contribution in [0.3, 0.4) is 0 Å². The van der Waals surface area contributed by atoms with Crippen molar-refractivity contribution < 1.29 is 9.34 Å². The lowest BCUT2D eigenvalue weighted by molar-refractivity contribution is -0.384. The van der Waals surface area contributed by atoms with Crippen LogP contribution in [-0.4, -0.2) is 27.5 Å². The fourth-order valence-corrected chi connectivity index (χ4v) is 3.31. The van der Waals surface area contributed by atoms with Gasteiger partial charge in [-0.3, -0.25) is 10.1 Å². The monoisotopic (exact) mass is 279 g/mol. The lowest BCUT2D eigenvalue weighted by Crippen LogP contribution is -2.13. The van der Waals surface area contributed by atoms with E-state index in [4.69, 9.17) is 4.42 Å². The minimum atomic E-state index is -0.434. The van der Waals surface area contributed by atoms with Crippen LogP contribution in [0, 0.1) is 10.1 Å². The number of nitro benzene ring substituents is 1. The van der Waals surface area contributed by atoms with E-state index >= 15 is 0 Å². The minimum Gasteiger partial charge on any atom is -0.424 e. The molecule has 7 heteroatoms. The maximum absolute atomic E-state index is 10.7. The fourth-order valence-electron chi connectivity index (χ4n) is 2.11. The van der Waals surface area contributed by atoms with E-state index < -0.39 is 4.92 Å². The molecule has 1 unspecified atom stereocenters. The van der Waals surface area contributed by atoms with Crippen molar-refractivity contribution in [2.45, 2.75) is 18.1 Å². The van der Waals surface area contributed by atoms with Gasteiger partial charge in [-0.15, -0.1) is 0 Å². The number of aromatic nitrogens is 1. The van der Waals surface area contributed by atoms with Gasteiger partial charge in [-0.1, -0.05) is 0 Å². The number of anilines is 1. The lowest BCUT2D eigenvalue weighted by atomic mass is 10.2. The second-order valence-corrected chi connectivity index (χ2v) is 5.85. The second kappa shape index (κ2) is 5.08. The molecule has 0 amide bonds. The van der Waals surface area contributed by atoms with Gasteiger partial charge in [0.1, 0.15) is 5.52 Å². The van der Waals surface area contributed by atoms with Gasteiger partial charge in [0, 0.05) is 23.9 Å². The average Bonchev–Trinajstić information content (AvgIpc) is 3.04. The molecule has 1 aromatic heterocycles. The molecule has 100 valence electrons. The summed E-state index contributed by atoms with van der Waals surface area (Å²) in [4.78, 5) is 14.5. The number of nitrogens with zero attached hydrogens (tertiary/aromatic N) is 2. The standard InChI is InChI=1S/C12H13N3O3S/c16-15(17)8-3-4-11-10(6-8)14-12(18-11)13-7-9-2-1-5-19-9/h3-4,6,9H,1-2,5,7H2,(H,13,14). The number of non-ortho nitro benzene ring substituents is 1. The summed E-state index contributed by atoms with van der Waals surface area (Å²) in [5, 5.41) is 14.4. The summed E-state index contributed by atoms with van der Waals surface area (Å²) in [6, 6.07) is 4.86. The highest BCUT2D eigenvalue weighted by atomic mass is 32.2. The van der Waals surface area contributed by atoms with Crippen LogP contribution in [0.4, 0.5) is 11.7 Å². The van der Waals surface area contributed by atoms with Crippen molar-refractivity contribution in [2.75, 3.05) is 17.6 Å². The Balaban J connectivity index is 1.75. The highest BCUT2D eigenvalue weighted by Gasteiger charge is 2.17. The summed E-state index contributed by atoms with van der Waals surface area (Å²) in [7, 11) is 0. The first-order valence-electron chi connectivity index (χ1n) is 6.13. The summed E-state index contributed by atoms with van der Waals surface area (Å²) >= 11 is 1.95. The molecule has 0 radical (unpaired) electrons. The number of rotatable bonds is 4. The fraction of sp³-hybridized carbons (Fsp3) is 0.417. The first kappa shape index (κ1) is 12.3. The molecule has 0 aliphatic carbocycles. The van der Waals surface area contributed by atoms with Crippen molar-refractivity contribution >= 4 is 34.6 Å². The van der Waals surface area contributed by atoms with Crippen LogP contribution in [0.5, 0.6) is 0 Å². The van der Waals surface area contributed by atoms with Crippen molar-refractivity contribution in [1.29, 1.82) is 0 Å². The Morgan fingerprint density at radius 2 is 2.47 bits per heavy atom. The van der Waals surface area contributed by atoms with E-state index in [1.165, 1.54) is 30.7 Å². The molecule has 0 spiro atoms. The first-order chi connectivity index (χ1) is 9.22. The van der Waals surface area contributed by atoms with Crippen LogP contribution < -0.4 is 5.32 Å². The molecule has 1 aromatic carbocycles. The Bertz CT molecular complexity index is 607. The van der Waals surface area contributed by atoms with Crippen molar-refractivity contribution in [3.8, 4) is 0 Å². The Labute approximate surface area is 113 Å². The van der Waals surface area contributed by atoms with Gasteiger partial charge in [-0.05, 0) is 24.7 Å². The molecule has 1 N–H and O–H groups in total. The molecule has 0 bridgehead atoms. The maximum atomic E-state index is 10.7. The Morgan fingerprint density at radius 1 is 1.58 bits per heavy atom. The number of nitro groups is 1. The zero-order valence-electron chi connectivity index (χ0n) is 10.2. The quantitative estimate of drug-likeness (QED) is 0.684. The number of benzene rings is 1. The summed E-state index contributed by atoms with van der Waals surface area (Å²) in [6.07, 6.45) is 2.47. The second-order valence-electron chi connectivity index (χ2n) is 4.44. The van der Waals surface area contributed by atoms with E-state index in [2.05, 4.69) is 10.3 Å². The van der Waals surface area contributed by atoms with E-state index in [0.717, 1.165) is 6.54 Å². The van der Waals surface area contributed by atoms with E-state index in [9.17, 15) is 10.1 Å². The van der Waals surface area contributed by atoms with Crippen molar-refractivity contribution in [2.24, 2.45) is 0 Å². The highest BCUT2D eigenvalue weighted by Crippen LogP contribution is 2.27. The summed E-state index contributed by atoms with van der Waals surface area (Å²) in [6.45, 7) is 0.819. The van der Waals surface area contributed by atoms with E-state index in [1.807, 2.05) is 11.8 Å². The molecule has 19 heavy (non-hydrogen) atoms. The number of oxazole rings is 1. The predicted molar refractivity (Wildman–Crippen MR) is 74.6 cm³/mol. The molecule has 2 heterocycles. The van der Waals surface area contributed by atoms with Gasteiger partial charge in [-0.25, -0.2) is 0 Å². The molecule has 1 atom stereocenters. The first-order valence-corrected chi connectivity index (χ1v) is 7.18. The predicted octanol–water partition coefficient (Wildman–Crippen LogP) is 3.04. The molecular weight excluding hydrogens is 266 g/mol. The normalized spacial score (nSPS) is 18.8. The third-order valence-electron chi connectivity index (χ3n) is 3.09. The smallest absolute Gasteiger partial charge is 0.295 e. The van der Waals surface area contributed by atoms with Crippen LogP contribution >= 0.6 is 11.8 Å². The Hall–Kier alpha value is -1.76. The number of hydrogen-bond donors (Lipinski definition) is 1. The number of hydrogen-bond acceptors (Lipinski definition) is 6. The van der Waals surface area contributed by atoms with Crippen LogP contribution in [0.15, 0.2) is 22.6 Å². The summed E-state index contributed by atoms with van der Waals surface area (Å²) in [5.41, 5.74) is 1.10. The van der Waals surface area contributed by atoms with Gasteiger partial charge in [0.05, 0.1) is 4.92 Å². The van der Waals surface area contributed by atoms with Gasteiger partial charge in [0.15, 0.2) is 5.58 Å². The molecule has 6 nitrogen and oxygen atoms in total. The molecule has 1 saturated heterocycles. The van der Waals surface area contributed by atoms with Gasteiger partial charge < -0.3 is 9.73 Å². The maximum Gasteiger partial charge on any atom is 0.295 e. The summed E-state index contributed by atoms with van der Waals surface area (Å²) in [5.74, 6) is 1.21. The SMILES string of the molecule is O=[N+]([O-])c1ccc2oc(NCC3CCCS3)nc2c1. The lowest BCUT2D eigenvalue weighted by Gasteiger charge is -2.07. The third-order valence-corrected chi connectivity index (χ3v) is 4.49. The van der Waals surface area contributed by atoms with E-state index in [0.29, 0.717) is 22.4 Å². The Kier molecular flexibility index (Phi) is 3.29. The van der Waals surface area contributed by atoms with Crippen LogP contribution in [0.1, 0.15) is 12.8 Å². The molecule has 3 rings (SSSR count). The van der Waals surface area contributed by atoms with Crippen LogP contribution in [-0.2, 0) is 0 Å². The zero-order chi connectivity index (χ0) is 13.2. The van der Waals surface area contributed by atoms with Crippen molar-refractivity contribution in [3.63, 3.8) is 0 Å². The Morgan fingerprint density at radius 3 is 3.21 bits per heavy atom. The highest BCUT2D eigenvalue weighted by molar-refractivity contribution is 8.00. The molecule has 1 aliphatic rings. The largest absolute Gasteiger partial charge is 0.424 e. The molecule has 1 fully saturated rings. The zero-order valence-corrected chi connectivity index (χ0v) is 11.0. The van der Waals surface area contributed by atoms with Crippen molar-refractivity contribution in [1.82, 2.24) is 4.98 Å². The minimum absolute atomic E-state index is 0.0266. The molecule has 2 aromatic rings. The van der Waals surface area contributed by atoms with E-state index in [1.54, 1.807) is 6.07 Å². The van der Waals surface area contributed by atoms with Gasteiger partial charge in [-0.2, -0.15) is 16.7 Å².